The Balaban J connectivity index is 0.000000221. The monoisotopic (exact) mass is 1070 g/mol. The van der Waals surface area contributed by atoms with Crippen LogP contribution in [0.1, 0.15) is 73.3 Å². The number of fused-ring (bicyclic) bond motifs is 2. The average Bonchev–Trinajstić information content (AvgIpc) is 4.02. The van der Waals surface area contributed by atoms with Crippen LogP contribution in [0.15, 0.2) is 118 Å². The van der Waals surface area contributed by atoms with Crippen molar-refractivity contribution < 1.29 is 63.1 Å². The number of nitrogens with zero attached hydrogens (tertiary/aromatic N) is 2. The number of nitrogens with one attached hydrogen (secondary N) is 2. The molecule has 0 unspecified atom stereocenters. The Labute approximate surface area is 435 Å². The standard InChI is InChI=1S/C30H28F4N2O3.C27H21ClF4N2O3/c1-3-5-24-22(19-6-4-7-20(12-19)25(37)14-30(15-31,16-32)17-33)13-23-26(28(38)35-2)27(39-29(23)36-24)18-8-10-21(34)11-9-18;1-33-25(36)22-20-10-19(24(28)34-26(20)37-23(22)15-5-7-18(32)8-6-15)16-3-2-4-17(9-16)21(35)11-27(12-29,13-30)14-31/h4,6-13H,3,5,14-17H2,1-2H3,(H,35,38);2-10H,11-14H2,1H3,(H,33,36). The molecule has 0 atom stereocenters. The van der Waals surface area contributed by atoms with E-state index in [4.69, 9.17) is 25.4 Å². The van der Waals surface area contributed by atoms with Gasteiger partial charge in [0.25, 0.3) is 11.8 Å². The molecule has 0 radical (unpaired) electrons. The summed E-state index contributed by atoms with van der Waals surface area (Å²) in [5, 5.41) is 5.90. The van der Waals surface area contributed by atoms with E-state index in [1.54, 1.807) is 42.5 Å². The zero-order valence-electron chi connectivity index (χ0n) is 41.2. The Morgan fingerprint density at radius 1 is 0.539 bits per heavy atom. The molecule has 0 aliphatic rings. The average molecular weight is 1070 g/mol. The predicted octanol–water partition coefficient (Wildman–Crippen LogP) is 13.9. The van der Waals surface area contributed by atoms with Crippen molar-refractivity contribution in [3.63, 3.8) is 0 Å². The molecule has 8 aromatic rings. The lowest BCUT2D eigenvalue weighted by atomic mass is 9.84. The molecule has 2 N–H and O–H groups in total. The molecule has 0 bridgehead atoms. The van der Waals surface area contributed by atoms with Crippen molar-refractivity contribution in [3.8, 4) is 44.9 Å². The van der Waals surface area contributed by atoms with Crippen molar-refractivity contribution in [3.05, 3.63) is 154 Å². The van der Waals surface area contributed by atoms with Crippen LogP contribution in [-0.4, -0.2) is 87.5 Å². The number of hydrogen-bond donors (Lipinski definition) is 2. The highest BCUT2D eigenvalue weighted by Crippen LogP contribution is 2.40. The Kier molecular flexibility index (Phi) is 17.9. The summed E-state index contributed by atoms with van der Waals surface area (Å²) in [4.78, 5) is 60.4. The van der Waals surface area contributed by atoms with Crippen molar-refractivity contribution in [1.29, 1.82) is 0 Å². The summed E-state index contributed by atoms with van der Waals surface area (Å²) in [6.07, 6.45) is 0.0428. The molecule has 2 amide bonds. The summed E-state index contributed by atoms with van der Waals surface area (Å²) in [7, 11) is 2.93. The number of aromatic nitrogens is 2. The smallest absolute Gasteiger partial charge is 0.255 e. The number of carbonyl (C=O) groups is 4. The molecule has 0 aliphatic heterocycles. The van der Waals surface area contributed by atoms with Crippen LogP contribution in [0.4, 0.5) is 35.1 Å². The summed E-state index contributed by atoms with van der Waals surface area (Å²) in [5.74, 6) is -2.60. The fourth-order valence-corrected chi connectivity index (χ4v) is 8.59. The molecule has 76 heavy (non-hydrogen) atoms. The Morgan fingerprint density at radius 3 is 1.33 bits per heavy atom. The first kappa shape index (κ1) is 56.0. The molecule has 10 nitrogen and oxygen atoms in total. The maximum absolute atomic E-state index is 13.5. The molecule has 0 fully saturated rings. The first-order chi connectivity index (χ1) is 36.5. The van der Waals surface area contributed by atoms with E-state index < -0.39 is 98.7 Å². The summed E-state index contributed by atoms with van der Waals surface area (Å²) in [6.45, 7) is -5.81. The van der Waals surface area contributed by atoms with Gasteiger partial charge in [-0.25, -0.2) is 18.7 Å². The third-order valence-corrected chi connectivity index (χ3v) is 13.1. The third-order valence-electron chi connectivity index (χ3n) is 12.8. The van der Waals surface area contributed by atoms with Gasteiger partial charge < -0.3 is 19.5 Å². The maximum atomic E-state index is 13.5. The van der Waals surface area contributed by atoms with E-state index in [1.807, 2.05) is 6.92 Å². The lowest BCUT2D eigenvalue weighted by Crippen LogP contribution is -2.31. The van der Waals surface area contributed by atoms with E-state index in [0.717, 1.165) is 6.42 Å². The second-order valence-corrected chi connectivity index (χ2v) is 18.6. The van der Waals surface area contributed by atoms with Gasteiger partial charge >= 0.3 is 0 Å². The van der Waals surface area contributed by atoms with Gasteiger partial charge in [0, 0.05) is 60.3 Å². The van der Waals surface area contributed by atoms with Gasteiger partial charge in [-0.05, 0) is 90.3 Å². The van der Waals surface area contributed by atoms with Gasteiger partial charge in [-0.1, -0.05) is 61.3 Å². The Bertz CT molecular complexity index is 3400. The van der Waals surface area contributed by atoms with Gasteiger partial charge in [-0.15, -0.1) is 0 Å². The molecule has 0 aliphatic carbocycles. The van der Waals surface area contributed by atoms with Crippen molar-refractivity contribution in [2.75, 3.05) is 54.1 Å². The number of halogens is 9. The minimum Gasteiger partial charge on any atom is -0.437 e. The number of alkyl halides is 6. The van der Waals surface area contributed by atoms with E-state index in [2.05, 4.69) is 15.6 Å². The van der Waals surface area contributed by atoms with Crippen molar-refractivity contribution in [1.82, 2.24) is 20.6 Å². The number of benzene rings is 4. The van der Waals surface area contributed by atoms with E-state index in [1.165, 1.54) is 80.8 Å². The van der Waals surface area contributed by atoms with Gasteiger partial charge in [-0.3, -0.25) is 45.5 Å². The third kappa shape index (κ3) is 11.7. The van der Waals surface area contributed by atoms with Gasteiger partial charge in [0.2, 0.25) is 11.4 Å². The van der Waals surface area contributed by atoms with Crippen LogP contribution in [0, 0.1) is 22.5 Å². The molecular weight excluding hydrogens is 1020 g/mol. The highest BCUT2D eigenvalue weighted by atomic mass is 35.5. The summed E-state index contributed by atoms with van der Waals surface area (Å²) in [6, 6.07) is 26.8. The summed E-state index contributed by atoms with van der Waals surface area (Å²) in [5.41, 5.74) is 0.584. The molecule has 19 heteroatoms. The topological polar surface area (TPSA) is 144 Å². The number of carbonyl (C=O) groups excluding carboxylic acids is 4. The van der Waals surface area contributed by atoms with Crippen LogP contribution >= 0.6 is 11.6 Å². The van der Waals surface area contributed by atoms with Crippen LogP contribution < -0.4 is 10.6 Å². The number of furan rings is 2. The first-order valence-corrected chi connectivity index (χ1v) is 24.1. The van der Waals surface area contributed by atoms with Crippen molar-refractivity contribution >= 4 is 57.2 Å². The SMILES string of the molecule is CCCc1nc2oc(-c3ccc(F)cc3)c(C(=O)NC)c2cc1-c1cccc(C(=O)CC(CF)(CF)CF)c1.CNC(=O)c1c(-c2ccc(F)cc2)oc2nc(Cl)c(-c3cccc(C(=O)CC(CF)(CF)CF)c3)cc12. The number of amides is 2. The van der Waals surface area contributed by atoms with Crippen LogP contribution in [0.2, 0.25) is 5.15 Å². The fraction of sp³-hybridized carbons (Fsp3) is 0.263. The highest BCUT2D eigenvalue weighted by Gasteiger charge is 2.36. The normalized spacial score (nSPS) is 11.6. The molecule has 8 rings (SSSR count). The second-order valence-electron chi connectivity index (χ2n) is 18.2. The lowest BCUT2D eigenvalue weighted by molar-refractivity contribution is 0.0722. The maximum Gasteiger partial charge on any atom is 0.255 e. The van der Waals surface area contributed by atoms with Crippen LogP contribution in [0.5, 0.6) is 0 Å². The summed E-state index contributed by atoms with van der Waals surface area (Å²) < 4.78 is 119. The van der Waals surface area contributed by atoms with E-state index in [-0.39, 0.29) is 50.4 Å². The lowest BCUT2D eigenvalue weighted by Gasteiger charge is -2.23. The summed E-state index contributed by atoms with van der Waals surface area (Å²) >= 11 is 6.43. The number of ketones is 2. The number of aryl methyl sites for hydroxylation is 1. The van der Waals surface area contributed by atoms with E-state index in [0.29, 0.717) is 56.3 Å². The van der Waals surface area contributed by atoms with Crippen molar-refractivity contribution in [2.45, 2.75) is 32.6 Å². The van der Waals surface area contributed by atoms with Gasteiger partial charge in [-0.2, -0.15) is 0 Å². The molecule has 4 heterocycles. The Morgan fingerprint density at radius 2 is 0.934 bits per heavy atom. The van der Waals surface area contributed by atoms with Gasteiger partial charge in [0.05, 0.1) is 38.4 Å². The molecule has 0 saturated heterocycles. The van der Waals surface area contributed by atoms with Crippen molar-refractivity contribution in [2.24, 2.45) is 10.8 Å². The minimum atomic E-state index is -2.01. The number of rotatable bonds is 20. The highest BCUT2D eigenvalue weighted by molar-refractivity contribution is 6.33. The zero-order valence-corrected chi connectivity index (χ0v) is 42.0. The largest absolute Gasteiger partial charge is 0.437 e. The number of Topliss-reactive ketones (excluding diaryl/α,β-unsaturated/α-hetero) is 2. The van der Waals surface area contributed by atoms with E-state index >= 15 is 0 Å². The Hall–Kier alpha value is -7.73. The molecule has 0 saturated carbocycles. The van der Waals surface area contributed by atoms with Gasteiger partial charge in [0.1, 0.15) is 68.4 Å². The zero-order chi connectivity index (χ0) is 54.9. The predicted molar refractivity (Wildman–Crippen MR) is 274 cm³/mol. The van der Waals surface area contributed by atoms with E-state index in [9.17, 15) is 54.3 Å². The second kappa shape index (κ2) is 24.3. The quantitative estimate of drug-likeness (QED) is 0.0436. The molecule has 0 spiro atoms. The van der Waals surface area contributed by atoms with Crippen LogP contribution in [-0.2, 0) is 6.42 Å². The number of hydrogen-bond acceptors (Lipinski definition) is 8. The first-order valence-electron chi connectivity index (χ1n) is 23.7. The number of pyridine rings is 2. The fourth-order valence-electron chi connectivity index (χ4n) is 8.35. The van der Waals surface area contributed by atoms with Crippen LogP contribution in [0.25, 0.3) is 67.1 Å². The minimum absolute atomic E-state index is 0.00517. The molecule has 4 aromatic carbocycles. The van der Waals surface area contributed by atoms with Crippen LogP contribution in [0.3, 0.4) is 0 Å². The molecule has 396 valence electrons. The van der Waals surface area contributed by atoms with Gasteiger partial charge in [0.15, 0.2) is 11.6 Å². The molecule has 4 aromatic heterocycles. The molecular formula is C57H49ClF8N4O6.